The zero-order valence-corrected chi connectivity index (χ0v) is 11.8. The first-order chi connectivity index (χ1) is 10.2. The Morgan fingerprint density at radius 1 is 1.38 bits per heavy atom. The standard InChI is InChI=1S/C14H12N4O2S/c19-8-6-18(7-8)14(20)12-2-1-11(21-12)10-5-16-13-9(17-10)3-4-15-13/h1-5,8,19H,6-7H2,(H,15,16). The van der Waals surface area contributed by atoms with Gasteiger partial charge in [-0.15, -0.1) is 11.3 Å². The molecule has 21 heavy (non-hydrogen) atoms. The number of aromatic amines is 1. The number of thiophene rings is 1. The molecule has 1 amide bonds. The molecule has 0 bridgehead atoms. The maximum Gasteiger partial charge on any atom is 0.264 e. The van der Waals surface area contributed by atoms with Gasteiger partial charge < -0.3 is 15.0 Å². The van der Waals surface area contributed by atoms with E-state index in [0.29, 0.717) is 18.0 Å². The Balaban J connectivity index is 1.62. The van der Waals surface area contributed by atoms with Gasteiger partial charge in [0.1, 0.15) is 5.52 Å². The number of fused-ring (bicyclic) bond motifs is 1. The van der Waals surface area contributed by atoms with E-state index in [1.165, 1.54) is 11.3 Å². The predicted molar refractivity (Wildman–Crippen MR) is 79.1 cm³/mol. The van der Waals surface area contributed by atoms with Crippen LogP contribution < -0.4 is 0 Å². The van der Waals surface area contributed by atoms with Crippen LogP contribution in [0.3, 0.4) is 0 Å². The molecule has 4 rings (SSSR count). The number of hydrogen-bond donors (Lipinski definition) is 2. The SMILES string of the molecule is O=C(c1ccc(-c2cnc3[nH]ccc3n2)s1)N1CC(O)C1. The van der Waals surface area contributed by atoms with E-state index in [1.54, 1.807) is 23.4 Å². The number of rotatable bonds is 2. The maximum absolute atomic E-state index is 12.2. The van der Waals surface area contributed by atoms with E-state index < -0.39 is 0 Å². The molecule has 2 N–H and O–H groups in total. The molecule has 1 aliphatic rings. The topological polar surface area (TPSA) is 82.1 Å². The van der Waals surface area contributed by atoms with Crippen LogP contribution in [0.15, 0.2) is 30.6 Å². The lowest BCUT2D eigenvalue weighted by Gasteiger charge is -2.35. The zero-order chi connectivity index (χ0) is 14.4. The van der Waals surface area contributed by atoms with Crippen molar-refractivity contribution in [3.8, 4) is 10.6 Å². The average molecular weight is 300 g/mol. The summed E-state index contributed by atoms with van der Waals surface area (Å²) in [4.78, 5) is 27.2. The van der Waals surface area contributed by atoms with Gasteiger partial charge in [-0.2, -0.15) is 0 Å². The van der Waals surface area contributed by atoms with Gasteiger partial charge in [0.25, 0.3) is 5.91 Å². The van der Waals surface area contributed by atoms with E-state index in [9.17, 15) is 9.90 Å². The highest BCUT2D eigenvalue weighted by Crippen LogP contribution is 2.28. The predicted octanol–water partition coefficient (Wildman–Crippen LogP) is 1.50. The van der Waals surface area contributed by atoms with Crippen molar-refractivity contribution < 1.29 is 9.90 Å². The monoisotopic (exact) mass is 300 g/mol. The average Bonchev–Trinajstić information content (AvgIpc) is 3.10. The Morgan fingerprint density at radius 2 is 2.24 bits per heavy atom. The molecule has 4 heterocycles. The fraction of sp³-hybridized carbons (Fsp3) is 0.214. The number of carbonyl (C=O) groups excluding carboxylic acids is 1. The summed E-state index contributed by atoms with van der Waals surface area (Å²) in [6.45, 7) is 0.836. The van der Waals surface area contributed by atoms with E-state index in [4.69, 9.17) is 0 Å². The molecule has 0 atom stereocenters. The molecule has 0 unspecified atom stereocenters. The number of β-amino-alcohol motifs (C(OH)–C–C–N with tert-alkyl or cyclic N) is 1. The minimum absolute atomic E-state index is 0.0350. The van der Waals surface area contributed by atoms with Gasteiger partial charge in [0, 0.05) is 19.3 Å². The third kappa shape index (κ3) is 2.10. The van der Waals surface area contributed by atoms with Crippen LogP contribution in [0.4, 0.5) is 0 Å². The molecule has 1 fully saturated rings. The van der Waals surface area contributed by atoms with Gasteiger partial charge in [0.15, 0.2) is 5.65 Å². The van der Waals surface area contributed by atoms with E-state index in [2.05, 4.69) is 15.0 Å². The number of aromatic nitrogens is 3. The number of aliphatic hydroxyl groups is 1. The van der Waals surface area contributed by atoms with E-state index >= 15 is 0 Å². The number of carbonyl (C=O) groups is 1. The molecule has 0 radical (unpaired) electrons. The number of likely N-dealkylation sites (tertiary alicyclic amines) is 1. The summed E-state index contributed by atoms with van der Waals surface area (Å²) in [5, 5.41) is 9.27. The molecule has 6 nitrogen and oxygen atoms in total. The van der Waals surface area contributed by atoms with Crippen LogP contribution in [-0.4, -0.2) is 50.1 Å². The smallest absolute Gasteiger partial charge is 0.264 e. The van der Waals surface area contributed by atoms with Crippen molar-refractivity contribution in [1.82, 2.24) is 19.9 Å². The van der Waals surface area contributed by atoms with Crippen molar-refractivity contribution in [3.05, 3.63) is 35.5 Å². The van der Waals surface area contributed by atoms with Crippen molar-refractivity contribution >= 4 is 28.4 Å². The minimum Gasteiger partial charge on any atom is -0.389 e. The summed E-state index contributed by atoms with van der Waals surface area (Å²) in [5.41, 5.74) is 2.32. The summed E-state index contributed by atoms with van der Waals surface area (Å²) in [5.74, 6) is -0.0350. The highest BCUT2D eigenvalue weighted by Gasteiger charge is 2.30. The van der Waals surface area contributed by atoms with Crippen molar-refractivity contribution in [1.29, 1.82) is 0 Å². The van der Waals surface area contributed by atoms with Crippen LogP contribution in [-0.2, 0) is 0 Å². The van der Waals surface area contributed by atoms with Crippen LogP contribution in [0.2, 0.25) is 0 Å². The number of aliphatic hydroxyl groups excluding tert-OH is 1. The third-order valence-corrected chi connectivity index (χ3v) is 4.58. The Hall–Kier alpha value is -2.25. The Bertz CT molecular complexity index is 819. The van der Waals surface area contributed by atoms with Gasteiger partial charge in [0.05, 0.1) is 27.7 Å². The molecule has 0 saturated carbocycles. The quantitative estimate of drug-likeness (QED) is 0.751. The number of hydrogen-bond acceptors (Lipinski definition) is 5. The van der Waals surface area contributed by atoms with Crippen LogP contribution in [0.5, 0.6) is 0 Å². The highest BCUT2D eigenvalue weighted by atomic mass is 32.1. The van der Waals surface area contributed by atoms with Crippen molar-refractivity contribution in [3.63, 3.8) is 0 Å². The number of nitrogens with one attached hydrogen (secondary N) is 1. The Labute approximate surface area is 124 Å². The lowest BCUT2D eigenvalue weighted by atomic mass is 10.1. The second-order valence-corrected chi connectivity index (χ2v) is 6.08. The molecule has 3 aromatic heterocycles. The van der Waals surface area contributed by atoms with Gasteiger partial charge in [-0.25, -0.2) is 9.97 Å². The first kappa shape index (κ1) is 12.5. The van der Waals surface area contributed by atoms with E-state index in [1.807, 2.05) is 12.1 Å². The number of nitrogens with zero attached hydrogens (tertiary/aromatic N) is 3. The van der Waals surface area contributed by atoms with E-state index in [-0.39, 0.29) is 12.0 Å². The van der Waals surface area contributed by atoms with Gasteiger partial charge in [-0.1, -0.05) is 0 Å². The fourth-order valence-electron chi connectivity index (χ4n) is 2.32. The fourth-order valence-corrected chi connectivity index (χ4v) is 3.24. The van der Waals surface area contributed by atoms with Gasteiger partial charge in [-0.3, -0.25) is 4.79 Å². The second kappa shape index (κ2) is 4.64. The Kier molecular flexibility index (Phi) is 2.76. The summed E-state index contributed by atoms with van der Waals surface area (Å²) in [6, 6.07) is 5.56. The second-order valence-electron chi connectivity index (χ2n) is 4.99. The molecule has 0 spiro atoms. The summed E-state index contributed by atoms with van der Waals surface area (Å²) in [7, 11) is 0. The van der Waals surface area contributed by atoms with Gasteiger partial charge >= 0.3 is 0 Å². The third-order valence-electron chi connectivity index (χ3n) is 3.48. The molecule has 0 aromatic carbocycles. The van der Waals surface area contributed by atoms with Gasteiger partial charge in [-0.05, 0) is 18.2 Å². The number of amides is 1. The lowest BCUT2D eigenvalue weighted by Crippen LogP contribution is -2.53. The highest BCUT2D eigenvalue weighted by molar-refractivity contribution is 7.17. The summed E-state index contributed by atoms with van der Waals surface area (Å²) < 4.78 is 0. The first-order valence-corrected chi connectivity index (χ1v) is 7.40. The molecular weight excluding hydrogens is 288 g/mol. The van der Waals surface area contributed by atoms with Crippen LogP contribution in [0.25, 0.3) is 21.7 Å². The van der Waals surface area contributed by atoms with Crippen molar-refractivity contribution in [2.75, 3.05) is 13.1 Å². The summed E-state index contributed by atoms with van der Waals surface area (Å²) in [6.07, 6.45) is 3.12. The molecule has 1 saturated heterocycles. The van der Waals surface area contributed by atoms with Crippen LogP contribution in [0, 0.1) is 0 Å². The van der Waals surface area contributed by atoms with Crippen LogP contribution in [0.1, 0.15) is 9.67 Å². The molecule has 7 heteroatoms. The molecule has 106 valence electrons. The maximum atomic E-state index is 12.2. The zero-order valence-electron chi connectivity index (χ0n) is 11.0. The molecule has 3 aromatic rings. The largest absolute Gasteiger partial charge is 0.389 e. The van der Waals surface area contributed by atoms with Gasteiger partial charge in [0.2, 0.25) is 0 Å². The first-order valence-electron chi connectivity index (χ1n) is 6.58. The summed E-state index contributed by atoms with van der Waals surface area (Å²) >= 11 is 1.40. The van der Waals surface area contributed by atoms with Crippen molar-refractivity contribution in [2.24, 2.45) is 0 Å². The Morgan fingerprint density at radius 3 is 3.05 bits per heavy atom. The lowest BCUT2D eigenvalue weighted by molar-refractivity contribution is 0.00623. The minimum atomic E-state index is -0.379. The molecular formula is C14H12N4O2S. The van der Waals surface area contributed by atoms with Crippen LogP contribution >= 0.6 is 11.3 Å². The molecule has 1 aliphatic heterocycles. The normalized spacial score (nSPS) is 15.4. The van der Waals surface area contributed by atoms with Crippen molar-refractivity contribution in [2.45, 2.75) is 6.10 Å². The number of H-pyrrole nitrogens is 1. The van der Waals surface area contributed by atoms with E-state index in [0.717, 1.165) is 21.7 Å². The molecule has 0 aliphatic carbocycles.